The summed E-state index contributed by atoms with van der Waals surface area (Å²) in [6.07, 6.45) is 1.81. The number of aromatic nitrogens is 3. The average molecular weight is 345 g/mol. The smallest absolute Gasteiger partial charge is 0.156 e. The minimum Gasteiger partial charge on any atom is -0.497 e. The van der Waals surface area contributed by atoms with E-state index in [1.165, 1.54) is 16.0 Å². The van der Waals surface area contributed by atoms with Crippen molar-refractivity contribution in [1.82, 2.24) is 14.6 Å². The van der Waals surface area contributed by atoms with Crippen LogP contribution in [0.15, 0.2) is 65.7 Å². The summed E-state index contributed by atoms with van der Waals surface area (Å²) in [5, 5.41) is 4.52. The Morgan fingerprint density at radius 3 is 2.72 bits per heavy atom. The van der Waals surface area contributed by atoms with Gasteiger partial charge in [-0.3, -0.25) is 0 Å². The van der Waals surface area contributed by atoms with Gasteiger partial charge in [0, 0.05) is 33.4 Å². The molecular weight excluding hydrogens is 330 g/mol. The van der Waals surface area contributed by atoms with Crippen molar-refractivity contribution < 1.29 is 4.74 Å². The van der Waals surface area contributed by atoms with Gasteiger partial charge in [0.15, 0.2) is 5.65 Å². The number of nitrogens with zero attached hydrogens (tertiary/aromatic N) is 3. The largest absolute Gasteiger partial charge is 0.497 e. The molecule has 0 N–H and O–H groups in total. The van der Waals surface area contributed by atoms with Crippen LogP contribution in [0.3, 0.4) is 0 Å². The lowest BCUT2D eigenvalue weighted by Crippen LogP contribution is -2.07. The molecule has 0 bridgehead atoms. The third-order valence-corrected chi connectivity index (χ3v) is 5.61. The molecule has 0 fully saturated rings. The fraction of sp³-hybridized carbons (Fsp3) is 0.100. The number of rotatable bonds is 2. The zero-order chi connectivity index (χ0) is 16.8. The number of hydrogen-bond acceptors (Lipinski definition) is 4. The van der Waals surface area contributed by atoms with Crippen molar-refractivity contribution in [1.29, 1.82) is 0 Å². The Hall–Kier alpha value is -2.79. The molecule has 0 aliphatic carbocycles. The molecule has 0 spiro atoms. The van der Waals surface area contributed by atoms with Gasteiger partial charge < -0.3 is 4.74 Å². The quantitative estimate of drug-likeness (QED) is 0.529. The van der Waals surface area contributed by atoms with Gasteiger partial charge >= 0.3 is 0 Å². The second-order valence-corrected chi connectivity index (χ2v) is 6.92. The molecule has 122 valence electrons. The van der Waals surface area contributed by atoms with Crippen molar-refractivity contribution in [3.63, 3.8) is 0 Å². The van der Waals surface area contributed by atoms with Crippen molar-refractivity contribution in [2.45, 2.75) is 10.6 Å². The van der Waals surface area contributed by atoms with E-state index in [4.69, 9.17) is 9.72 Å². The van der Waals surface area contributed by atoms with Gasteiger partial charge in [-0.05, 0) is 30.3 Å². The Bertz CT molecular complexity index is 1090. The second kappa shape index (κ2) is 5.63. The highest BCUT2D eigenvalue weighted by Crippen LogP contribution is 2.44. The first-order chi connectivity index (χ1) is 12.3. The Morgan fingerprint density at radius 2 is 1.88 bits per heavy atom. The van der Waals surface area contributed by atoms with Gasteiger partial charge in [0.05, 0.1) is 24.7 Å². The highest BCUT2D eigenvalue weighted by molar-refractivity contribution is 7.98. The van der Waals surface area contributed by atoms with Crippen LogP contribution >= 0.6 is 11.8 Å². The molecule has 0 unspecified atom stereocenters. The summed E-state index contributed by atoms with van der Waals surface area (Å²) in [5.74, 6) is 1.74. The predicted molar refractivity (Wildman–Crippen MR) is 100.0 cm³/mol. The van der Waals surface area contributed by atoms with Crippen molar-refractivity contribution in [2.75, 3.05) is 7.11 Å². The van der Waals surface area contributed by atoms with E-state index in [-0.39, 0.29) is 0 Å². The van der Waals surface area contributed by atoms with E-state index in [0.29, 0.717) is 0 Å². The molecule has 3 heterocycles. The normalized spacial score (nSPS) is 12.7. The van der Waals surface area contributed by atoms with E-state index < -0.39 is 0 Å². The maximum absolute atomic E-state index is 5.30. The predicted octanol–water partition coefficient (Wildman–Crippen LogP) is 4.68. The molecule has 0 saturated heterocycles. The third-order valence-electron chi connectivity index (χ3n) is 4.51. The van der Waals surface area contributed by atoms with E-state index in [2.05, 4.69) is 41.5 Å². The van der Waals surface area contributed by atoms with Crippen molar-refractivity contribution >= 4 is 17.4 Å². The molecule has 2 aromatic carbocycles. The van der Waals surface area contributed by atoms with E-state index in [9.17, 15) is 0 Å². The third kappa shape index (κ3) is 2.23. The number of benzene rings is 2. The maximum atomic E-state index is 5.30. The molecule has 4 aromatic rings. The Labute approximate surface area is 149 Å². The van der Waals surface area contributed by atoms with Crippen molar-refractivity contribution in [3.05, 3.63) is 66.4 Å². The van der Waals surface area contributed by atoms with Crippen LogP contribution in [0.25, 0.3) is 28.2 Å². The zero-order valence-corrected chi connectivity index (χ0v) is 14.5. The summed E-state index contributed by atoms with van der Waals surface area (Å²) < 4.78 is 7.24. The standard InChI is InChI=1S/C20H15N3OS/c1-24-14-8-6-13(7-9-14)20-16-12-25-17-5-3-2-4-15(17)19(16)22-18-10-11-21-23(18)20/h2-11H,12H2,1H3. The van der Waals surface area contributed by atoms with Crippen LogP contribution in [-0.4, -0.2) is 21.7 Å². The minimum atomic E-state index is 0.850. The van der Waals surface area contributed by atoms with Gasteiger partial charge in [0.25, 0.3) is 0 Å². The average Bonchev–Trinajstić information content (AvgIpc) is 3.14. The summed E-state index contributed by atoms with van der Waals surface area (Å²) in [6, 6.07) is 18.6. The van der Waals surface area contributed by atoms with E-state index in [1.54, 1.807) is 13.3 Å². The second-order valence-electron chi connectivity index (χ2n) is 5.90. The van der Waals surface area contributed by atoms with Crippen molar-refractivity contribution in [2.24, 2.45) is 0 Å². The summed E-state index contributed by atoms with van der Waals surface area (Å²) >= 11 is 1.85. The first kappa shape index (κ1) is 14.5. The lowest BCUT2D eigenvalue weighted by molar-refractivity contribution is 0.415. The highest BCUT2D eigenvalue weighted by atomic mass is 32.2. The van der Waals surface area contributed by atoms with Crippen molar-refractivity contribution in [3.8, 4) is 28.3 Å². The number of hydrogen-bond donors (Lipinski definition) is 0. The summed E-state index contributed by atoms with van der Waals surface area (Å²) in [7, 11) is 1.68. The molecular formula is C20H15N3OS. The molecule has 5 rings (SSSR count). The Morgan fingerprint density at radius 1 is 1.04 bits per heavy atom. The fourth-order valence-corrected chi connectivity index (χ4v) is 4.39. The Balaban J connectivity index is 1.82. The Kier molecular flexibility index (Phi) is 3.28. The zero-order valence-electron chi connectivity index (χ0n) is 13.6. The van der Waals surface area contributed by atoms with Gasteiger partial charge in [-0.15, -0.1) is 11.8 Å². The number of methoxy groups -OCH3 is 1. The van der Waals surface area contributed by atoms with E-state index in [1.807, 2.05) is 34.5 Å². The van der Waals surface area contributed by atoms with Gasteiger partial charge in [-0.2, -0.15) is 5.10 Å². The highest BCUT2D eigenvalue weighted by Gasteiger charge is 2.24. The minimum absolute atomic E-state index is 0.850. The molecule has 0 saturated carbocycles. The van der Waals surface area contributed by atoms with Crippen LogP contribution in [0.2, 0.25) is 0 Å². The van der Waals surface area contributed by atoms with E-state index in [0.717, 1.165) is 34.1 Å². The van der Waals surface area contributed by atoms with Crippen LogP contribution in [0, 0.1) is 0 Å². The van der Waals surface area contributed by atoms with Gasteiger partial charge in [0.1, 0.15) is 5.75 Å². The van der Waals surface area contributed by atoms with Gasteiger partial charge in [0.2, 0.25) is 0 Å². The molecule has 1 aliphatic rings. The first-order valence-corrected chi connectivity index (χ1v) is 9.07. The molecule has 2 aromatic heterocycles. The van der Waals surface area contributed by atoms with Crippen LogP contribution in [0.4, 0.5) is 0 Å². The number of thioether (sulfide) groups is 1. The van der Waals surface area contributed by atoms with Crippen LogP contribution < -0.4 is 4.74 Å². The molecule has 0 atom stereocenters. The SMILES string of the molecule is COc1ccc(-c2c3c(nc4ccnn24)-c2ccccc2SC3)cc1. The molecule has 5 heteroatoms. The number of ether oxygens (including phenoxy) is 1. The van der Waals surface area contributed by atoms with Crippen LogP contribution in [-0.2, 0) is 5.75 Å². The lowest BCUT2D eigenvalue weighted by atomic mass is 10.0. The summed E-state index contributed by atoms with van der Waals surface area (Å²) in [6.45, 7) is 0. The molecule has 0 amide bonds. The van der Waals surface area contributed by atoms with Crippen LogP contribution in [0.5, 0.6) is 5.75 Å². The topological polar surface area (TPSA) is 39.4 Å². The van der Waals surface area contributed by atoms with Gasteiger partial charge in [-0.25, -0.2) is 9.50 Å². The molecule has 0 radical (unpaired) electrons. The van der Waals surface area contributed by atoms with E-state index >= 15 is 0 Å². The van der Waals surface area contributed by atoms with Gasteiger partial charge in [-0.1, -0.05) is 18.2 Å². The maximum Gasteiger partial charge on any atom is 0.156 e. The summed E-state index contributed by atoms with van der Waals surface area (Å²) in [5.41, 5.74) is 6.58. The monoisotopic (exact) mass is 345 g/mol. The molecule has 25 heavy (non-hydrogen) atoms. The molecule has 4 nitrogen and oxygen atoms in total. The first-order valence-electron chi connectivity index (χ1n) is 8.08. The fourth-order valence-electron chi connectivity index (χ4n) is 3.32. The summed E-state index contributed by atoms with van der Waals surface area (Å²) in [4.78, 5) is 6.18. The molecule has 1 aliphatic heterocycles. The van der Waals surface area contributed by atoms with Crippen LogP contribution in [0.1, 0.15) is 5.56 Å². The lowest BCUT2D eigenvalue weighted by Gasteiger charge is -2.22. The number of fused-ring (bicyclic) bond motifs is 4.